The third-order valence-electron chi connectivity index (χ3n) is 17.3. The molecule has 9 rings (SSSR count). The van der Waals surface area contributed by atoms with Crippen molar-refractivity contribution in [2.45, 2.75) is 144 Å². The number of nitrogens with two attached hydrogens (primary N) is 2. The minimum absolute atomic E-state index is 0.0174. The Labute approximate surface area is 550 Å². The molecule has 9 amide bonds. The molecule has 2 aromatic heterocycles. The summed E-state index contributed by atoms with van der Waals surface area (Å²) in [6.07, 6.45) is 4.35. The van der Waals surface area contributed by atoms with Gasteiger partial charge in [0.15, 0.2) is 5.78 Å². The van der Waals surface area contributed by atoms with E-state index in [-0.39, 0.29) is 75.3 Å². The minimum atomic E-state index is -1.52. The van der Waals surface area contributed by atoms with Crippen molar-refractivity contribution in [3.63, 3.8) is 0 Å². The first kappa shape index (κ1) is 69.5. The van der Waals surface area contributed by atoms with Gasteiger partial charge in [0.2, 0.25) is 53.2 Å². The number of Topliss-reactive ketones (excluding diaryl/α,β-unsaturated/α-hetero) is 1. The van der Waals surface area contributed by atoms with Gasteiger partial charge in [-0.15, -0.1) is 0 Å². The van der Waals surface area contributed by atoms with Crippen molar-refractivity contribution < 1.29 is 61.8 Å². The number of aromatic amines is 2. The number of nitrogens with one attached hydrogen (secondary N) is 8. The largest absolute Gasteiger partial charge is 0.508 e. The number of aromatic nitrogens is 2. The fourth-order valence-corrected chi connectivity index (χ4v) is 14.0. The second kappa shape index (κ2) is 32.3. The molecule has 2 fully saturated rings. The molecule has 0 spiro atoms. The summed E-state index contributed by atoms with van der Waals surface area (Å²) in [5.74, 6) is -7.21. The molecule has 500 valence electrons. The Morgan fingerprint density at radius 3 is 1.78 bits per heavy atom. The highest BCUT2D eigenvalue weighted by Crippen LogP contribution is 2.29. The highest BCUT2D eigenvalue weighted by atomic mass is 32.2. The van der Waals surface area contributed by atoms with Crippen molar-refractivity contribution in [1.29, 1.82) is 0 Å². The number of carbonyl (C=O) groups excluding carboxylic acids is 10. The van der Waals surface area contributed by atoms with Crippen LogP contribution in [-0.2, 0) is 78.7 Å². The lowest BCUT2D eigenvalue weighted by Gasteiger charge is -2.42. The molecule has 4 aromatic carbocycles. The number of fused-ring (bicyclic) bond motifs is 6. The number of phenols is 1. The Bertz CT molecular complexity index is 3770. The predicted octanol–water partition coefficient (Wildman–Crippen LogP) is 3.96. The average molecular weight is 1330 g/mol. The number of ketones is 1. The second-order valence-corrected chi connectivity index (χ2v) is 26.4. The van der Waals surface area contributed by atoms with Crippen molar-refractivity contribution >= 4 is 104 Å². The van der Waals surface area contributed by atoms with Crippen LogP contribution in [0.3, 0.4) is 0 Å². The van der Waals surface area contributed by atoms with Gasteiger partial charge in [-0.1, -0.05) is 36.4 Å². The topological polar surface area (TPSA) is 353 Å². The van der Waals surface area contributed by atoms with E-state index in [1.54, 1.807) is 24.5 Å². The van der Waals surface area contributed by atoms with Crippen LogP contribution in [0.1, 0.15) is 93.0 Å². The van der Waals surface area contributed by atoms with Crippen LogP contribution >= 0.6 is 23.5 Å². The number of nitrogens with zero attached hydrogens (tertiary/aromatic N) is 2. The SMILES string of the molecule is C[C@@H]1NC(=O)[C@@H]2CCN2C(=O)[C@H](Cc2c[nH]c3ccc(F)cc23)NC(=O)[C@H](Cc2c[nH]c3ccc(F)cc23)NC(=O)[C@@H](C)NC(=O)[C@H](CCCCN)NC(=O)CCSCc2cccc(c2)CSC[C@@H](C(N)=O)CC(=O)[C@@H]2CCCN2C(=O)[C@H](Cc2ccc(O)cc2)NC1=O. The molecule has 27 heteroatoms. The number of thioether (sulfide) groups is 2. The average Bonchev–Trinajstić information content (AvgIpc) is 1.14. The summed E-state index contributed by atoms with van der Waals surface area (Å²) in [6, 6.07) is 11.7. The summed E-state index contributed by atoms with van der Waals surface area (Å²) in [5, 5.41) is 27.3. The van der Waals surface area contributed by atoms with Crippen molar-refractivity contribution in [2.75, 3.05) is 31.1 Å². The summed E-state index contributed by atoms with van der Waals surface area (Å²) < 4.78 is 29.7. The molecule has 0 radical (unpaired) electrons. The molecule has 0 saturated carbocycles. The van der Waals surface area contributed by atoms with Crippen LogP contribution in [0, 0.1) is 17.6 Å². The number of H-pyrrole nitrogens is 2. The number of amides is 9. The van der Waals surface area contributed by atoms with Gasteiger partial charge in [0.25, 0.3) is 0 Å². The molecule has 94 heavy (non-hydrogen) atoms. The summed E-state index contributed by atoms with van der Waals surface area (Å²) in [7, 11) is 0. The smallest absolute Gasteiger partial charge is 0.246 e. The molecule has 0 aliphatic carbocycles. The van der Waals surface area contributed by atoms with Crippen molar-refractivity contribution in [1.82, 2.24) is 51.7 Å². The molecule has 23 nitrogen and oxygen atoms in total. The zero-order chi connectivity index (χ0) is 67.2. The number of carbonyl (C=O) groups is 10. The number of rotatable bonds is 11. The van der Waals surface area contributed by atoms with E-state index in [0.29, 0.717) is 88.0 Å². The lowest BCUT2D eigenvalue weighted by molar-refractivity contribution is -0.150. The van der Waals surface area contributed by atoms with Gasteiger partial charge in [-0.05, 0) is 135 Å². The summed E-state index contributed by atoms with van der Waals surface area (Å²) in [6.45, 7) is 3.30. The number of unbranched alkanes of at least 4 members (excludes halogenated alkanes) is 1. The van der Waals surface area contributed by atoms with Crippen molar-refractivity contribution in [3.05, 3.63) is 137 Å². The van der Waals surface area contributed by atoms with E-state index in [1.165, 1.54) is 95.7 Å². The maximum absolute atomic E-state index is 15.1. The number of hydrogen-bond acceptors (Lipinski definition) is 14. The van der Waals surface area contributed by atoms with Gasteiger partial charge < -0.3 is 68.2 Å². The maximum atomic E-state index is 15.1. The third-order valence-corrected chi connectivity index (χ3v) is 19.5. The highest BCUT2D eigenvalue weighted by Gasteiger charge is 2.44. The van der Waals surface area contributed by atoms with E-state index >= 15 is 9.59 Å². The predicted molar refractivity (Wildman–Crippen MR) is 352 cm³/mol. The van der Waals surface area contributed by atoms with Gasteiger partial charge in [0.1, 0.15) is 59.7 Å². The van der Waals surface area contributed by atoms with Gasteiger partial charge in [0.05, 0.1) is 12.0 Å². The van der Waals surface area contributed by atoms with Gasteiger partial charge in [-0.3, -0.25) is 47.9 Å². The number of halogens is 2. The Balaban J connectivity index is 1.00. The Hall–Kier alpha value is -8.82. The van der Waals surface area contributed by atoms with E-state index in [4.69, 9.17) is 11.5 Å². The molecule has 3 aliphatic rings. The number of aromatic hydroxyl groups is 1. The third kappa shape index (κ3) is 18.1. The van der Waals surface area contributed by atoms with Crippen LogP contribution in [0.15, 0.2) is 97.3 Å². The first-order chi connectivity index (χ1) is 45.1. The van der Waals surface area contributed by atoms with E-state index < -0.39 is 119 Å². The van der Waals surface area contributed by atoms with Crippen molar-refractivity contribution in [2.24, 2.45) is 17.4 Å². The molecule has 2 bridgehead atoms. The lowest BCUT2D eigenvalue weighted by Crippen LogP contribution is -2.65. The van der Waals surface area contributed by atoms with E-state index in [9.17, 15) is 52.2 Å². The first-order valence-corrected chi connectivity index (χ1v) is 33.9. The number of phenolic OH excluding ortho intramolecular Hbond substituents is 1. The van der Waals surface area contributed by atoms with Gasteiger partial charge in [-0.2, -0.15) is 23.5 Å². The molecule has 13 N–H and O–H groups in total. The molecule has 2 saturated heterocycles. The number of benzene rings is 4. The van der Waals surface area contributed by atoms with Crippen LogP contribution in [0.25, 0.3) is 21.8 Å². The molecular weight excluding hydrogens is 1250 g/mol. The maximum Gasteiger partial charge on any atom is 0.246 e. The fourth-order valence-electron chi connectivity index (χ4n) is 12.0. The monoisotopic (exact) mass is 1330 g/mol. The Morgan fingerprint density at radius 2 is 1.17 bits per heavy atom. The van der Waals surface area contributed by atoms with Crippen LogP contribution in [0.2, 0.25) is 0 Å². The zero-order valence-corrected chi connectivity index (χ0v) is 53.9. The van der Waals surface area contributed by atoms with Crippen LogP contribution in [0.4, 0.5) is 8.78 Å². The second-order valence-electron chi connectivity index (χ2n) is 24.3. The van der Waals surface area contributed by atoms with Crippen LogP contribution in [0.5, 0.6) is 5.75 Å². The van der Waals surface area contributed by atoms with Crippen LogP contribution < -0.4 is 43.4 Å². The molecule has 9 atom stereocenters. The van der Waals surface area contributed by atoms with Crippen molar-refractivity contribution in [3.8, 4) is 5.75 Å². The first-order valence-electron chi connectivity index (χ1n) is 31.6. The molecular formula is C67H80F2N12O11S2. The van der Waals surface area contributed by atoms with Gasteiger partial charge >= 0.3 is 0 Å². The summed E-state index contributed by atoms with van der Waals surface area (Å²) in [4.78, 5) is 151. The minimum Gasteiger partial charge on any atom is -0.508 e. The zero-order valence-electron chi connectivity index (χ0n) is 52.3. The molecule has 5 heterocycles. The van der Waals surface area contributed by atoms with E-state index in [1.807, 2.05) is 24.3 Å². The summed E-state index contributed by atoms with van der Waals surface area (Å²) in [5.41, 5.74) is 16.0. The standard InChI is InChI=1S/C67H80F2N12O11S2/c1-37-61(86)77-53(27-42-32-72-50-17-13-45(68)30-48(42)50)64(89)79-55(28-43-33-73-51-18-14-46(69)31-49(43)51)67(92)81-23-19-57(81)65(90)75-38(2)62(87)78-54(26-39-11-15-47(82)16-12-39)66(91)80-22-6-10-56(80)58(83)29-44(60(71)85)36-94-35-41-8-5-7-40(25-41)34-93-24-20-59(84)76-52(63(88)74-37)9-3-4-21-70/h5,7-8,11-18,25,30-33,37-38,44,52-57,72-73,82H,3-4,6,9-10,19-24,26-29,34-36,70H2,1-2H3,(H2,71,85)(H,74,88)(H,75,90)(H,76,84)(H,77,86)(H,78,87)(H,79,89)/t37-,38+,44+,52+,53+,54+,55+,56+,57+/m1/s1. The molecule has 0 unspecified atom stereocenters. The van der Waals surface area contributed by atoms with E-state index in [0.717, 1.165) is 11.1 Å². The fraction of sp³-hybridized carbons (Fsp3) is 0.433. The Kier molecular flexibility index (Phi) is 23.9. The van der Waals surface area contributed by atoms with Gasteiger partial charge in [0, 0.05) is 102 Å². The number of primary amides is 1. The van der Waals surface area contributed by atoms with Crippen LogP contribution in [-0.4, -0.2) is 163 Å². The molecule has 3 aliphatic heterocycles. The molecule has 6 aromatic rings. The van der Waals surface area contributed by atoms with E-state index in [2.05, 4.69) is 41.9 Å². The Morgan fingerprint density at radius 1 is 0.606 bits per heavy atom. The quantitative estimate of drug-likeness (QED) is 0.0819. The normalized spacial score (nSPS) is 24.2. The highest BCUT2D eigenvalue weighted by molar-refractivity contribution is 7.98. The number of hydrogen-bond donors (Lipinski definition) is 11. The summed E-state index contributed by atoms with van der Waals surface area (Å²) >= 11 is 2.92. The lowest BCUT2D eigenvalue weighted by atomic mass is 9.96. The van der Waals surface area contributed by atoms with Gasteiger partial charge in [-0.25, -0.2) is 8.78 Å².